The van der Waals surface area contributed by atoms with Crippen LogP contribution in [0.2, 0.25) is 36.3 Å². The van der Waals surface area contributed by atoms with Gasteiger partial charge in [-0.3, -0.25) is 0 Å². The van der Waals surface area contributed by atoms with E-state index in [4.69, 9.17) is 37.1 Å². The summed E-state index contributed by atoms with van der Waals surface area (Å²) in [6.07, 6.45) is 3.98. The lowest BCUT2D eigenvalue weighted by Gasteiger charge is -2.44. The number of hydrogen-bond donors (Lipinski definition) is 3. The van der Waals surface area contributed by atoms with E-state index in [1.54, 1.807) is 0 Å². The van der Waals surface area contributed by atoms with E-state index in [9.17, 15) is 4.79 Å². The molecule has 0 amide bonds. The normalized spacial score (nSPS) is 25.8. The molecule has 2 aliphatic rings. The third-order valence-corrected chi connectivity index (χ3v) is 17.3. The summed E-state index contributed by atoms with van der Waals surface area (Å²) in [5.41, 5.74) is 11.3. The first-order valence-corrected chi connectivity index (χ1v) is 19.0. The molecule has 12 heteroatoms. The fourth-order valence-corrected chi connectivity index (χ4v) is 6.09. The molecule has 5 N–H and O–H groups in total. The van der Waals surface area contributed by atoms with E-state index >= 15 is 0 Å². The number of nitrogens with zero attached hydrogens (tertiary/aromatic N) is 2. The van der Waals surface area contributed by atoms with Gasteiger partial charge in [0.15, 0.2) is 16.6 Å². The molecule has 2 fully saturated rings. The summed E-state index contributed by atoms with van der Waals surface area (Å²) in [7, 11) is -3.38. The maximum atomic E-state index is 10.9. The van der Waals surface area contributed by atoms with Gasteiger partial charge < -0.3 is 30.4 Å². The third kappa shape index (κ3) is 9.31. The number of rotatable bonds is 8. The van der Waals surface area contributed by atoms with E-state index in [-0.39, 0.29) is 33.9 Å². The highest BCUT2D eigenvalue weighted by atomic mass is 35.5. The minimum Gasteiger partial charge on any atom is -0.414 e. The zero-order chi connectivity index (χ0) is 28.1. The van der Waals surface area contributed by atoms with Crippen LogP contribution in [0.4, 0.5) is 0 Å². The summed E-state index contributed by atoms with van der Waals surface area (Å²) < 4.78 is 12.5. The number of amidine groups is 2. The average Bonchev–Trinajstić information content (AvgIpc) is 2.68. The van der Waals surface area contributed by atoms with Crippen LogP contribution in [0.15, 0.2) is 10.3 Å². The van der Waals surface area contributed by atoms with Crippen molar-refractivity contribution in [1.82, 2.24) is 0 Å². The second kappa shape index (κ2) is 12.6. The van der Waals surface area contributed by atoms with Gasteiger partial charge in [-0.05, 0) is 61.9 Å². The maximum Gasteiger partial charge on any atom is 0.349 e. The molecule has 0 aliphatic heterocycles. The summed E-state index contributed by atoms with van der Waals surface area (Å²) in [5, 5.41) is 15.6. The fraction of sp³-hybridized carbons (Fsp3) is 0.875. The van der Waals surface area contributed by atoms with Crippen molar-refractivity contribution in [1.29, 1.82) is 0 Å². The van der Waals surface area contributed by atoms with Gasteiger partial charge in [0.25, 0.3) is 0 Å². The summed E-state index contributed by atoms with van der Waals surface area (Å²) in [6, 6.07) is 0. The number of alkyl halides is 1. The molecule has 0 atom stereocenters. The van der Waals surface area contributed by atoms with Crippen molar-refractivity contribution in [3.63, 3.8) is 0 Å². The van der Waals surface area contributed by atoms with Gasteiger partial charge in [0.05, 0.1) is 0 Å². The van der Waals surface area contributed by atoms with Gasteiger partial charge in [0.2, 0.25) is 0 Å². The molecule has 2 saturated carbocycles. The Kier molecular flexibility index (Phi) is 11.5. The molecule has 0 unspecified atom stereocenters. The lowest BCUT2D eigenvalue weighted by molar-refractivity contribution is -0.140. The second-order valence-electron chi connectivity index (χ2n) is 13.0. The van der Waals surface area contributed by atoms with Crippen molar-refractivity contribution >= 4 is 45.9 Å². The summed E-state index contributed by atoms with van der Waals surface area (Å²) in [4.78, 5) is 15.4. The van der Waals surface area contributed by atoms with Crippen LogP contribution in [0.3, 0.4) is 0 Å². The van der Waals surface area contributed by atoms with Crippen LogP contribution in [0.1, 0.15) is 67.2 Å². The van der Waals surface area contributed by atoms with Crippen LogP contribution in [-0.4, -0.2) is 57.6 Å². The Hall–Kier alpha value is -1.15. The minimum absolute atomic E-state index is 0.132. The first-order valence-electron chi connectivity index (χ1n) is 12.7. The topological polar surface area (TPSA) is 142 Å². The van der Waals surface area contributed by atoms with Crippen molar-refractivity contribution < 1.29 is 23.7 Å². The van der Waals surface area contributed by atoms with Gasteiger partial charge in [-0.25, -0.2) is 4.79 Å². The molecule has 2 rings (SSSR count). The van der Waals surface area contributed by atoms with Gasteiger partial charge >= 0.3 is 5.97 Å². The monoisotopic (exact) mass is 564 g/mol. The van der Waals surface area contributed by atoms with Gasteiger partial charge in [-0.1, -0.05) is 51.9 Å². The smallest absolute Gasteiger partial charge is 0.349 e. The molecule has 0 heterocycles. The SMILES string of the molecule is CC(C)(C)[Si](C)(C)OC1CC(/C(N)=N/O)C1.CC(C)(C)[Si](C)(C)OC1CC(/C(N)=N/OC(=O)CCl)C1. The lowest BCUT2D eigenvalue weighted by Crippen LogP contribution is -2.49. The lowest BCUT2D eigenvalue weighted by atomic mass is 9.82. The number of carbonyl (C=O) groups excluding carboxylic acids is 1. The highest BCUT2D eigenvalue weighted by Gasteiger charge is 2.44. The van der Waals surface area contributed by atoms with Crippen molar-refractivity contribution in [2.24, 2.45) is 33.6 Å². The predicted molar refractivity (Wildman–Crippen MR) is 151 cm³/mol. The Morgan fingerprint density at radius 1 is 0.861 bits per heavy atom. The quantitative estimate of drug-likeness (QED) is 0.0683. The molecule has 0 aromatic carbocycles. The largest absolute Gasteiger partial charge is 0.414 e. The fourth-order valence-electron chi connectivity index (χ4n) is 3.28. The molecule has 0 radical (unpaired) electrons. The number of nitrogens with two attached hydrogens (primary N) is 2. The molecular weight excluding hydrogens is 516 g/mol. The second-order valence-corrected chi connectivity index (χ2v) is 22.8. The van der Waals surface area contributed by atoms with E-state index < -0.39 is 22.6 Å². The number of oxime groups is 2. The van der Waals surface area contributed by atoms with Gasteiger partial charge in [0.1, 0.15) is 17.6 Å². The highest BCUT2D eigenvalue weighted by molar-refractivity contribution is 6.74. The average molecular weight is 565 g/mol. The molecule has 0 saturated heterocycles. The van der Waals surface area contributed by atoms with Crippen LogP contribution < -0.4 is 11.5 Å². The summed E-state index contributed by atoms with van der Waals surface area (Å²) in [6.45, 7) is 22.3. The Bertz CT molecular complexity index is 797. The highest BCUT2D eigenvalue weighted by Crippen LogP contribution is 2.42. The summed E-state index contributed by atoms with van der Waals surface area (Å²) >= 11 is 5.30. The van der Waals surface area contributed by atoms with Crippen LogP contribution in [-0.2, 0) is 18.5 Å². The Morgan fingerprint density at radius 3 is 1.53 bits per heavy atom. The zero-order valence-corrected chi connectivity index (χ0v) is 26.6. The van der Waals surface area contributed by atoms with Gasteiger partial charge in [0, 0.05) is 24.0 Å². The Morgan fingerprint density at radius 2 is 1.22 bits per heavy atom. The number of carbonyl (C=O) groups is 1. The van der Waals surface area contributed by atoms with Crippen LogP contribution in [0, 0.1) is 11.8 Å². The Balaban J connectivity index is 0.000000369. The number of halogens is 1. The van der Waals surface area contributed by atoms with Crippen LogP contribution >= 0.6 is 11.6 Å². The van der Waals surface area contributed by atoms with E-state index in [1.807, 2.05) is 0 Å². The van der Waals surface area contributed by atoms with Crippen LogP contribution in [0.5, 0.6) is 0 Å². The van der Waals surface area contributed by atoms with Crippen LogP contribution in [0.25, 0.3) is 0 Å². The van der Waals surface area contributed by atoms with E-state index in [1.165, 1.54) is 0 Å². The predicted octanol–water partition coefficient (Wildman–Crippen LogP) is 5.37. The van der Waals surface area contributed by atoms with Gasteiger partial charge in [-0.15, -0.1) is 11.6 Å². The first-order chi connectivity index (χ1) is 16.2. The summed E-state index contributed by atoms with van der Waals surface area (Å²) in [5.74, 6) is 0.211. The molecule has 2 aliphatic carbocycles. The maximum absolute atomic E-state index is 10.9. The van der Waals surface area contributed by atoms with Crippen molar-refractivity contribution in [2.75, 3.05) is 5.88 Å². The third-order valence-electron chi connectivity index (χ3n) is 8.04. The number of hydrogen-bond acceptors (Lipinski definition) is 7. The van der Waals surface area contributed by atoms with Crippen molar-refractivity contribution in [3.8, 4) is 0 Å². The standard InChI is InChI=1S/C13H25ClN2O3Si.C11H24N2O2Si/c1-13(2,3)20(4,5)19-10-6-9(7-10)12(15)16-18-11(17)8-14;1-11(2,3)16(4,5)15-9-6-8(7-9)10(12)13-14/h9-10H,6-8H2,1-5H3,(H2,15,16);8-9,14H,6-7H2,1-5H3,(H2,12,13). The molecule has 210 valence electrons. The van der Waals surface area contributed by atoms with E-state index in [0.29, 0.717) is 17.8 Å². The zero-order valence-electron chi connectivity index (χ0n) is 23.9. The molecule has 0 aromatic heterocycles. The molecule has 0 bridgehead atoms. The molecule has 0 aromatic rings. The molecule has 36 heavy (non-hydrogen) atoms. The van der Waals surface area contributed by atoms with Crippen molar-refractivity contribution in [3.05, 3.63) is 0 Å². The molecule has 0 spiro atoms. The molecular formula is C24H49ClN4O5Si2. The van der Waals surface area contributed by atoms with E-state index in [0.717, 1.165) is 25.7 Å². The van der Waals surface area contributed by atoms with E-state index in [2.05, 4.69) is 82.9 Å². The van der Waals surface area contributed by atoms with Crippen molar-refractivity contribution in [2.45, 2.75) is 116 Å². The van der Waals surface area contributed by atoms with Gasteiger partial charge in [-0.2, -0.15) is 0 Å². The minimum atomic E-state index is -1.73. The Labute approximate surface area is 224 Å². The first kappa shape index (κ1) is 32.9. The molecule has 9 nitrogen and oxygen atoms in total.